The van der Waals surface area contributed by atoms with Gasteiger partial charge >= 0.3 is 0 Å². The molecule has 0 heterocycles. The Morgan fingerprint density at radius 3 is 1.73 bits per heavy atom. The van der Waals surface area contributed by atoms with Crippen molar-refractivity contribution in [3.63, 3.8) is 0 Å². The van der Waals surface area contributed by atoms with Crippen molar-refractivity contribution in [3.8, 4) is 0 Å². The quantitative estimate of drug-likeness (QED) is 0.224. The monoisotopic (exact) mass is 492 g/mol. The maximum absolute atomic E-state index is 11.9. The Labute approximate surface area is 205 Å². The number of ether oxygens (including phenoxy) is 4. The van der Waals surface area contributed by atoms with E-state index in [9.17, 15) is 9.59 Å². The fraction of sp³-hybridized carbons (Fsp3) is 0.917. The highest BCUT2D eigenvalue weighted by molar-refractivity contribution is 8.01. The van der Waals surface area contributed by atoms with E-state index in [0.717, 1.165) is 6.42 Å². The van der Waals surface area contributed by atoms with E-state index in [4.69, 9.17) is 18.9 Å². The van der Waals surface area contributed by atoms with E-state index < -0.39 is 0 Å². The molecule has 0 aromatic heterocycles. The van der Waals surface area contributed by atoms with Gasteiger partial charge in [0.1, 0.15) is 0 Å². The number of carbonyl (C=O) groups excluding carboxylic acids is 2. The molecule has 0 atom stereocenters. The third-order valence-electron chi connectivity index (χ3n) is 4.37. The summed E-state index contributed by atoms with van der Waals surface area (Å²) < 4.78 is 21.8. The number of hydrogen-bond donors (Lipinski definition) is 2. The topological polar surface area (TPSA) is 95.1 Å². The minimum atomic E-state index is 0.0116. The van der Waals surface area contributed by atoms with E-state index in [1.54, 1.807) is 0 Å². The number of carbonyl (C=O) groups is 2. The normalized spacial score (nSPS) is 11.9. The number of nitrogens with one attached hydrogen (secondary N) is 2. The van der Waals surface area contributed by atoms with Crippen LogP contribution in [0.1, 0.15) is 60.8 Å². The van der Waals surface area contributed by atoms with Crippen LogP contribution in [-0.4, -0.2) is 87.8 Å². The lowest BCUT2D eigenvalue weighted by atomic mass is 10.1. The predicted octanol–water partition coefficient (Wildman–Crippen LogP) is 3.03. The molecule has 0 aromatic carbocycles. The molecule has 2 N–H and O–H groups in total. The number of thioether (sulfide) groups is 1. The first-order chi connectivity index (χ1) is 15.6. The van der Waals surface area contributed by atoms with Gasteiger partial charge in [-0.2, -0.15) is 11.8 Å². The van der Waals surface area contributed by atoms with Crippen LogP contribution in [-0.2, 0) is 28.5 Å². The summed E-state index contributed by atoms with van der Waals surface area (Å²) in [5.41, 5.74) is 0. The third kappa shape index (κ3) is 24.1. The Hall–Kier alpha value is -0.870. The summed E-state index contributed by atoms with van der Waals surface area (Å²) >= 11 is 1.86. The molecule has 0 rings (SSSR count). The zero-order chi connectivity index (χ0) is 25.0. The molecule has 0 radical (unpaired) electrons. The van der Waals surface area contributed by atoms with Crippen molar-refractivity contribution in [2.24, 2.45) is 5.92 Å². The Bertz CT molecular complexity index is 503. The average molecular weight is 493 g/mol. The van der Waals surface area contributed by atoms with Crippen LogP contribution in [0.2, 0.25) is 0 Å². The van der Waals surface area contributed by atoms with Crippen molar-refractivity contribution >= 4 is 23.6 Å². The molecule has 0 saturated carbocycles. The summed E-state index contributed by atoms with van der Waals surface area (Å²) in [4.78, 5) is 23.4. The molecule has 0 aromatic rings. The Morgan fingerprint density at radius 1 is 0.727 bits per heavy atom. The van der Waals surface area contributed by atoms with Gasteiger partial charge in [-0.15, -0.1) is 0 Å². The molecule has 0 unspecified atom stereocenters. The largest absolute Gasteiger partial charge is 0.379 e. The second-order valence-corrected chi connectivity index (χ2v) is 11.5. The van der Waals surface area contributed by atoms with Gasteiger partial charge in [-0.25, -0.2) is 0 Å². The van der Waals surface area contributed by atoms with Crippen LogP contribution in [0, 0.1) is 5.92 Å². The van der Waals surface area contributed by atoms with Gasteiger partial charge in [0.05, 0.1) is 52.9 Å². The third-order valence-corrected chi connectivity index (χ3v) is 5.63. The van der Waals surface area contributed by atoms with Crippen LogP contribution < -0.4 is 10.6 Å². The van der Waals surface area contributed by atoms with Crippen molar-refractivity contribution in [1.29, 1.82) is 0 Å². The highest BCUT2D eigenvalue weighted by atomic mass is 32.2. The maximum atomic E-state index is 11.9. The lowest BCUT2D eigenvalue weighted by Crippen LogP contribution is -2.37. The van der Waals surface area contributed by atoms with Gasteiger partial charge in [0, 0.05) is 30.7 Å². The first-order valence-electron chi connectivity index (χ1n) is 12.1. The Balaban J connectivity index is 3.34. The van der Waals surface area contributed by atoms with Crippen molar-refractivity contribution in [2.75, 3.05) is 65.9 Å². The van der Waals surface area contributed by atoms with Crippen LogP contribution in [0.4, 0.5) is 0 Å². The van der Waals surface area contributed by atoms with Gasteiger partial charge in [-0.1, -0.05) is 27.7 Å². The minimum Gasteiger partial charge on any atom is -0.379 e. The van der Waals surface area contributed by atoms with Crippen molar-refractivity contribution < 1.29 is 28.5 Å². The predicted molar refractivity (Wildman–Crippen MR) is 135 cm³/mol. The summed E-state index contributed by atoms with van der Waals surface area (Å²) in [7, 11) is 0. The summed E-state index contributed by atoms with van der Waals surface area (Å²) in [5.74, 6) is 0.626. The number of rotatable bonds is 22. The van der Waals surface area contributed by atoms with Crippen LogP contribution in [0.25, 0.3) is 0 Å². The van der Waals surface area contributed by atoms with E-state index in [1.165, 1.54) is 0 Å². The molecule has 33 heavy (non-hydrogen) atoms. The van der Waals surface area contributed by atoms with Crippen LogP contribution in [0.5, 0.6) is 0 Å². The molecule has 0 fully saturated rings. The molecule has 2 amide bonds. The zero-order valence-electron chi connectivity index (χ0n) is 21.7. The molecule has 9 heteroatoms. The minimum absolute atomic E-state index is 0.0116. The fourth-order valence-electron chi connectivity index (χ4n) is 2.78. The highest BCUT2D eigenvalue weighted by Crippen LogP contribution is 2.27. The standard InChI is InChI=1S/C24H48N2O6S/c1-20(2)7-8-22(27)25-10-12-30-14-16-32-18-17-31-15-13-29-11-9-23(28)26-19-24(5,6)33-21(3)4/h20-21H,7-19H2,1-6H3,(H,25,27)(H,26,28). The van der Waals surface area contributed by atoms with Gasteiger partial charge in [0.15, 0.2) is 0 Å². The summed E-state index contributed by atoms with van der Waals surface area (Å²) in [6.45, 7) is 17.7. The van der Waals surface area contributed by atoms with Crippen LogP contribution >= 0.6 is 11.8 Å². The summed E-state index contributed by atoms with van der Waals surface area (Å²) in [6, 6.07) is 0. The summed E-state index contributed by atoms with van der Waals surface area (Å²) in [5, 5.41) is 6.35. The van der Waals surface area contributed by atoms with E-state index in [2.05, 4.69) is 52.2 Å². The molecule has 0 aliphatic rings. The van der Waals surface area contributed by atoms with Gasteiger partial charge in [0.2, 0.25) is 11.8 Å². The SMILES string of the molecule is CC(C)CCC(=O)NCCOCCOCCOCCOCCC(=O)NCC(C)(C)SC(C)C. The number of amides is 2. The first-order valence-corrected chi connectivity index (χ1v) is 13.0. The molecule has 8 nitrogen and oxygen atoms in total. The maximum Gasteiger partial charge on any atom is 0.222 e. The van der Waals surface area contributed by atoms with E-state index in [0.29, 0.717) is 90.0 Å². The highest BCUT2D eigenvalue weighted by Gasteiger charge is 2.20. The first kappa shape index (κ1) is 32.1. The molecule has 0 saturated heterocycles. The molecular weight excluding hydrogens is 444 g/mol. The van der Waals surface area contributed by atoms with E-state index >= 15 is 0 Å². The van der Waals surface area contributed by atoms with Crippen molar-refractivity contribution in [2.45, 2.75) is 70.8 Å². The Morgan fingerprint density at radius 2 is 1.21 bits per heavy atom. The van der Waals surface area contributed by atoms with Crippen LogP contribution in [0.3, 0.4) is 0 Å². The lowest BCUT2D eigenvalue weighted by molar-refractivity contribution is -0.122. The fourth-order valence-corrected chi connectivity index (χ4v) is 4.21. The molecule has 0 bridgehead atoms. The second kappa shape index (κ2) is 20.5. The van der Waals surface area contributed by atoms with Gasteiger partial charge in [-0.3, -0.25) is 9.59 Å². The molecule has 0 aliphatic carbocycles. The summed E-state index contributed by atoms with van der Waals surface area (Å²) in [6.07, 6.45) is 1.83. The van der Waals surface area contributed by atoms with Gasteiger partial charge in [0.25, 0.3) is 0 Å². The van der Waals surface area contributed by atoms with Crippen LogP contribution in [0.15, 0.2) is 0 Å². The molecular formula is C24H48N2O6S. The average Bonchev–Trinajstić information content (AvgIpc) is 2.72. The molecule has 0 spiro atoms. The lowest BCUT2D eigenvalue weighted by Gasteiger charge is -2.26. The number of hydrogen-bond acceptors (Lipinski definition) is 7. The van der Waals surface area contributed by atoms with Gasteiger partial charge < -0.3 is 29.6 Å². The van der Waals surface area contributed by atoms with E-state index in [-0.39, 0.29) is 16.6 Å². The smallest absolute Gasteiger partial charge is 0.222 e. The Kier molecular flexibility index (Phi) is 20.0. The van der Waals surface area contributed by atoms with Crippen molar-refractivity contribution in [1.82, 2.24) is 10.6 Å². The van der Waals surface area contributed by atoms with E-state index in [1.807, 2.05) is 11.8 Å². The zero-order valence-corrected chi connectivity index (χ0v) is 22.5. The molecule has 196 valence electrons. The second-order valence-electron chi connectivity index (χ2n) is 9.18. The van der Waals surface area contributed by atoms with Crippen molar-refractivity contribution in [3.05, 3.63) is 0 Å². The molecule has 0 aliphatic heterocycles. The van der Waals surface area contributed by atoms with Gasteiger partial charge in [-0.05, 0) is 31.4 Å².